The van der Waals surface area contributed by atoms with Crippen molar-refractivity contribution < 1.29 is 9.47 Å². The normalized spacial score (nSPS) is 12.0. The van der Waals surface area contributed by atoms with Crippen molar-refractivity contribution in [2.45, 2.75) is 13.3 Å². The van der Waals surface area contributed by atoms with E-state index in [1.165, 1.54) is 27.8 Å². The summed E-state index contributed by atoms with van der Waals surface area (Å²) in [5.74, 6) is 1.38. The maximum atomic E-state index is 5.96. The van der Waals surface area contributed by atoms with Crippen molar-refractivity contribution >= 4 is 22.7 Å². The fraction of sp³-hybridized carbons (Fsp3) is 0.286. The van der Waals surface area contributed by atoms with Crippen molar-refractivity contribution in [2.75, 3.05) is 39.4 Å². The summed E-state index contributed by atoms with van der Waals surface area (Å²) in [6, 6.07) is 29.7. The first-order valence-electron chi connectivity index (χ1n) is 11.1. The quantitative estimate of drug-likeness (QED) is 0.135. The van der Waals surface area contributed by atoms with Gasteiger partial charge in [0.15, 0.2) is 0 Å². The van der Waals surface area contributed by atoms with E-state index in [4.69, 9.17) is 21.1 Å². The summed E-state index contributed by atoms with van der Waals surface area (Å²) in [7, 11) is 2.01. The Hall–Kier alpha value is -2.59. The Bertz CT molecular complexity index is 956. The van der Waals surface area contributed by atoms with E-state index in [0.29, 0.717) is 25.8 Å². The fourth-order valence-electron chi connectivity index (χ4n) is 3.66. The van der Waals surface area contributed by atoms with E-state index < -0.39 is 0 Å². The van der Waals surface area contributed by atoms with Crippen molar-refractivity contribution in [1.82, 2.24) is 4.90 Å². The highest BCUT2D eigenvalue weighted by Gasteiger charge is 2.13. The molecule has 3 nitrogen and oxygen atoms in total. The molecule has 0 bridgehead atoms. The molecule has 3 aromatic rings. The molecule has 0 aliphatic carbocycles. The molecule has 0 atom stereocenters. The molecular formula is C28H32ClNO2. The van der Waals surface area contributed by atoms with Gasteiger partial charge in [-0.3, -0.25) is 4.90 Å². The second-order valence-electron chi connectivity index (χ2n) is 7.62. The maximum absolute atomic E-state index is 5.96. The van der Waals surface area contributed by atoms with Crippen LogP contribution in [-0.2, 0) is 4.74 Å². The first kappa shape index (κ1) is 24.1. The van der Waals surface area contributed by atoms with Crippen LogP contribution in [0.25, 0.3) is 11.1 Å². The predicted molar refractivity (Wildman–Crippen MR) is 135 cm³/mol. The Morgan fingerprint density at radius 1 is 0.781 bits per heavy atom. The molecule has 0 saturated heterocycles. The van der Waals surface area contributed by atoms with Gasteiger partial charge in [-0.05, 0) is 53.4 Å². The number of allylic oxidation sites excluding steroid dienone is 1. The molecule has 0 heterocycles. The Morgan fingerprint density at radius 3 is 1.97 bits per heavy atom. The number of hydrogen-bond acceptors (Lipinski definition) is 3. The van der Waals surface area contributed by atoms with Gasteiger partial charge >= 0.3 is 0 Å². The van der Waals surface area contributed by atoms with Crippen molar-refractivity contribution in [2.24, 2.45) is 0 Å². The number of ether oxygens (including phenoxy) is 2. The molecule has 32 heavy (non-hydrogen) atoms. The molecule has 0 aliphatic rings. The topological polar surface area (TPSA) is 21.7 Å². The first-order valence-corrected chi connectivity index (χ1v) is 11.7. The molecule has 0 aromatic heterocycles. The zero-order chi connectivity index (χ0) is 22.6. The van der Waals surface area contributed by atoms with E-state index in [9.17, 15) is 0 Å². The van der Waals surface area contributed by atoms with Gasteiger partial charge in [-0.1, -0.05) is 79.7 Å². The molecular weight excluding hydrogens is 418 g/mol. The summed E-state index contributed by atoms with van der Waals surface area (Å²) < 4.78 is 11.4. The molecule has 3 rings (SSSR count). The van der Waals surface area contributed by atoms with Crippen LogP contribution in [0.15, 0.2) is 84.9 Å². The van der Waals surface area contributed by atoms with Crippen LogP contribution in [0.3, 0.4) is 0 Å². The van der Waals surface area contributed by atoms with E-state index in [-0.39, 0.29) is 0 Å². The largest absolute Gasteiger partial charge is 0.492 e. The predicted octanol–water partition coefficient (Wildman–Crippen LogP) is 6.58. The van der Waals surface area contributed by atoms with Crippen LogP contribution in [0, 0.1) is 0 Å². The molecule has 0 spiro atoms. The van der Waals surface area contributed by atoms with Crippen molar-refractivity contribution in [3.63, 3.8) is 0 Å². The second kappa shape index (κ2) is 13.1. The van der Waals surface area contributed by atoms with Crippen LogP contribution in [0.2, 0.25) is 0 Å². The lowest BCUT2D eigenvalue weighted by atomic mass is 9.88. The van der Waals surface area contributed by atoms with Gasteiger partial charge in [-0.15, -0.1) is 11.6 Å². The van der Waals surface area contributed by atoms with E-state index in [2.05, 4.69) is 96.8 Å². The van der Waals surface area contributed by atoms with Gasteiger partial charge in [0, 0.05) is 12.4 Å². The summed E-state index contributed by atoms with van der Waals surface area (Å²) in [5, 5.41) is 0. The van der Waals surface area contributed by atoms with Crippen molar-refractivity contribution in [3.8, 4) is 5.75 Å². The molecule has 0 saturated carbocycles. The number of alkyl halides is 1. The van der Waals surface area contributed by atoms with Gasteiger partial charge < -0.3 is 9.47 Å². The Kier molecular flexibility index (Phi) is 9.83. The van der Waals surface area contributed by atoms with Gasteiger partial charge in [0.2, 0.25) is 0 Å². The zero-order valence-electron chi connectivity index (χ0n) is 19.0. The number of benzene rings is 3. The van der Waals surface area contributed by atoms with Gasteiger partial charge in [0.1, 0.15) is 12.4 Å². The highest BCUT2D eigenvalue weighted by molar-refractivity contribution is 6.17. The number of hydrogen-bond donors (Lipinski definition) is 0. The number of halogens is 1. The monoisotopic (exact) mass is 449 g/mol. The minimum atomic E-state index is 0.514. The van der Waals surface area contributed by atoms with Crippen LogP contribution >= 0.6 is 11.6 Å². The summed E-state index contributed by atoms with van der Waals surface area (Å²) >= 11 is 5.64. The standard InChI is InChI=1S/C28H32ClNO2/c1-3-27(23-10-6-4-7-11-23)28(24-12-8-5-9-13-24)25-14-16-26(17-15-25)32-21-19-30(2)22-31-20-18-29/h4-17H,3,18-22H2,1-2H3. The minimum Gasteiger partial charge on any atom is -0.492 e. The van der Waals surface area contributed by atoms with E-state index in [0.717, 1.165) is 18.7 Å². The number of nitrogens with zero attached hydrogens (tertiary/aromatic N) is 1. The average molecular weight is 450 g/mol. The maximum Gasteiger partial charge on any atom is 0.119 e. The van der Waals surface area contributed by atoms with E-state index in [1.807, 2.05) is 7.05 Å². The number of rotatable bonds is 12. The zero-order valence-corrected chi connectivity index (χ0v) is 19.7. The lowest BCUT2D eigenvalue weighted by Crippen LogP contribution is -2.27. The van der Waals surface area contributed by atoms with Crippen molar-refractivity contribution in [1.29, 1.82) is 0 Å². The molecule has 4 heteroatoms. The van der Waals surface area contributed by atoms with Crippen LogP contribution < -0.4 is 4.74 Å². The lowest BCUT2D eigenvalue weighted by molar-refractivity contribution is 0.0450. The Morgan fingerprint density at radius 2 is 1.38 bits per heavy atom. The van der Waals surface area contributed by atoms with Crippen LogP contribution in [0.4, 0.5) is 0 Å². The summed E-state index contributed by atoms with van der Waals surface area (Å²) in [4.78, 5) is 2.07. The van der Waals surface area contributed by atoms with Gasteiger partial charge in [-0.25, -0.2) is 0 Å². The fourth-order valence-corrected chi connectivity index (χ4v) is 3.77. The van der Waals surface area contributed by atoms with E-state index >= 15 is 0 Å². The van der Waals surface area contributed by atoms with Gasteiger partial charge in [-0.2, -0.15) is 0 Å². The third-order valence-corrected chi connectivity index (χ3v) is 5.41. The van der Waals surface area contributed by atoms with Crippen molar-refractivity contribution in [3.05, 3.63) is 102 Å². The smallest absolute Gasteiger partial charge is 0.119 e. The molecule has 0 fully saturated rings. The minimum absolute atomic E-state index is 0.514. The summed E-state index contributed by atoms with van der Waals surface area (Å²) in [6.07, 6.45) is 0.949. The van der Waals surface area contributed by atoms with E-state index in [1.54, 1.807) is 0 Å². The number of likely N-dealkylation sites (N-methyl/N-ethyl adjacent to an activating group) is 1. The summed E-state index contributed by atoms with van der Waals surface area (Å²) in [6.45, 7) is 4.72. The highest BCUT2D eigenvalue weighted by Crippen LogP contribution is 2.34. The Labute approximate surface area is 197 Å². The van der Waals surface area contributed by atoms with Crippen LogP contribution in [0.1, 0.15) is 30.0 Å². The van der Waals surface area contributed by atoms with Gasteiger partial charge in [0.25, 0.3) is 0 Å². The molecule has 0 unspecified atom stereocenters. The first-order chi connectivity index (χ1) is 15.7. The third kappa shape index (κ3) is 6.96. The lowest BCUT2D eigenvalue weighted by Gasteiger charge is -2.18. The molecule has 0 amide bonds. The third-order valence-electron chi connectivity index (χ3n) is 5.26. The van der Waals surface area contributed by atoms with Crippen LogP contribution in [-0.4, -0.2) is 44.3 Å². The summed E-state index contributed by atoms with van der Waals surface area (Å²) in [5.41, 5.74) is 6.27. The molecule has 0 radical (unpaired) electrons. The Balaban J connectivity index is 1.78. The highest BCUT2D eigenvalue weighted by atomic mass is 35.5. The van der Waals surface area contributed by atoms with Gasteiger partial charge in [0.05, 0.1) is 13.3 Å². The molecule has 168 valence electrons. The molecule has 0 N–H and O–H groups in total. The molecule has 0 aliphatic heterocycles. The SMILES string of the molecule is CCC(=C(c1ccccc1)c1ccc(OCCN(C)COCCCl)cc1)c1ccccc1. The van der Waals surface area contributed by atoms with Crippen LogP contribution in [0.5, 0.6) is 5.75 Å². The second-order valence-corrected chi connectivity index (χ2v) is 8.00. The molecule has 3 aromatic carbocycles. The average Bonchev–Trinajstić information content (AvgIpc) is 2.84.